The smallest absolute Gasteiger partial charge is 0.307 e. The maximum absolute atomic E-state index is 14.3. The summed E-state index contributed by atoms with van der Waals surface area (Å²) in [6.45, 7) is 11.5. The SMILES string of the molecule is Cc1cccc(S(=O)(=O)c2nc3[nH]cc(-c4ccc(C(=O)N(C)C)cc4)c3nc2-c2cc(C)c3c(c2)CCN(CCC(=O)OC(C)(C)C)C3)c1. The maximum Gasteiger partial charge on any atom is 0.307 e. The van der Waals surface area contributed by atoms with Gasteiger partial charge in [0.15, 0.2) is 10.7 Å². The Morgan fingerprint density at radius 1 is 0.980 bits per heavy atom. The number of benzene rings is 3. The first-order valence-corrected chi connectivity index (χ1v) is 18.2. The van der Waals surface area contributed by atoms with Crippen molar-refractivity contribution in [3.05, 3.63) is 94.7 Å². The molecule has 2 aromatic heterocycles. The molecule has 3 heterocycles. The van der Waals surface area contributed by atoms with E-state index in [0.717, 1.165) is 46.3 Å². The minimum atomic E-state index is -4.07. The van der Waals surface area contributed by atoms with Gasteiger partial charge in [0.1, 0.15) is 16.8 Å². The number of aromatic amines is 1. The van der Waals surface area contributed by atoms with E-state index in [1.165, 1.54) is 4.90 Å². The highest BCUT2D eigenvalue weighted by Gasteiger charge is 2.29. The van der Waals surface area contributed by atoms with Crippen molar-refractivity contribution in [2.24, 2.45) is 0 Å². The molecule has 0 spiro atoms. The normalized spacial score (nSPS) is 13.7. The third-order valence-electron chi connectivity index (χ3n) is 8.85. The molecule has 0 saturated heterocycles. The number of hydrogen-bond acceptors (Lipinski definition) is 8. The monoisotopic (exact) mass is 693 g/mol. The topological polar surface area (TPSA) is 126 Å². The number of sulfone groups is 1. The largest absolute Gasteiger partial charge is 0.460 e. The summed E-state index contributed by atoms with van der Waals surface area (Å²) in [5.41, 5.74) is 7.52. The van der Waals surface area contributed by atoms with Gasteiger partial charge in [0.05, 0.1) is 11.3 Å². The summed E-state index contributed by atoms with van der Waals surface area (Å²) < 4.78 is 34.1. The fourth-order valence-electron chi connectivity index (χ4n) is 6.35. The zero-order chi connectivity index (χ0) is 36.0. The highest BCUT2D eigenvalue weighted by Crippen LogP contribution is 2.36. The van der Waals surface area contributed by atoms with E-state index in [1.807, 2.05) is 65.0 Å². The summed E-state index contributed by atoms with van der Waals surface area (Å²) >= 11 is 0. The van der Waals surface area contributed by atoms with Crippen LogP contribution in [0.3, 0.4) is 0 Å². The summed E-state index contributed by atoms with van der Waals surface area (Å²) in [6.07, 6.45) is 2.82. The Labute approximate surface area is 293 Å². The van der Waals surface area contributed by atoms with Gasteiger partial charge in [0.25, 0.3) is 5.91 Å². The number of nitrogens with zero attached hydrogens (tertiary/aromatic N) is 4. The van der Waals surface area contributed by atoms with E-state index in [9.17, 15) is 18.0 Å². The van der Waals surface area contributed by atoms with Crippen LogP contribution in [0.4, 0.5) is 0 Å². The molecule has 6 rings (SSSR count). The summed E-state index contributed by atoms with van der Waals surface area (Å²) in [4.78, 5) is 41.7. The second-order valence-corrected chi connectivity index (χ2v) is 16.0. The number of aryl methyl sites for hydroxylation is 2. The van der Waals surface area contributed by atoms with Gasteiger partial charge in [-0.2, -0.15) is 0 Å². The van der Waals surface area contributed by atoms with Crippen molar-refractivity contribution in [1.82, 2.24) is 24.8 Å². The molecule has 11 heteroatoms. The fraction of sp³-hybridized carbons (Fsp3) is 0.333. The van der Waals surface area contributed by atoms with Gasteiger partial charge < -0.3 is 14.6 Å². The first-order chi connectivity index (χ1) is 23.6. The Bertz CT molecular complexity index is 2220. The molecule has 0 radical (unpaired) electrons. The van der Waals surface area contributed by atoms with Gasteiger partial charge in [-0.3, -0.25) is 14.5 Å². The van der Waals surface area contributed by atoms with Crippen LogP contribution in [0.5, 0.6) is 0 Å². The predicted octanol–water partition coefficient (Wildman–Crippen LogP) is 6.53. The predicted molar refractivity (Wildman–Crippen MR) is 194 cm³/mol. The average Bonchev–Trinajstić information content (AvgIpc) is 3.49. The molecule has 50 heavy (non-hydrogen) atoms. The van der Waals surface area contributed by atoms with Crippen molar-refractivity contribution in [2.75, 3.05) is 27.2 Å². The maximum atomic E-state index is 14.3. The van der Waals surface area contributed by atoms with Crippen LogP contribution in [0.2, 0.25) is 0 Å². The second-order valence-electron chi connectivity index (χ2n) is 14.2. The summed E-state index contributed by atoms with van der Waals surface area (Å²) in [5, 5.41) is -0.120. The lowest BCUT2D eigenvalue weighted by atomic mass is 9.92. The van der Waals surface area contributed by atoms with Crippen LogP contribution in [-0.4, -0.2) is 77.8 Å². The van der Waals surface area contributed by atoms with Gasteiger partial charge >= 0.3 is 5.97 Å². The number of fused-ring (bicyclic) bond motifs is 2. The molecule has 5 aromatic rings. The van der Waals surface area contributed by atoms with Gasteiger partial charge in [-0.1, -0.05) is 24.3 Å². The number of ether oxygens (including phenoxy) is 1. The number of H-pyrrole nitrogens is 1. The number of rotatable bonds is 8. The highest BCUT2D eigenvalue weighted by molar-refractivity contribution is 7.91. The number of nitrogens with one attached hydrogen (secondary N) is 1. The minimum Gasteiger partial charge on any atom is -0.460 e. The quantitative estimate of drug-likeness (QED) is 0.182. The molecular formula is C39H43N5O5S. The molecule has 1 aliphatic rings. The van der Waals surface area contributed by atoms with Gasteiger partial charge in [0.2, 0.25) is 9.84 Å². The van der Waals surface area contributed by atoms with E-state index in [4.69, 9.17) is 14.7 Å². The molecule has 260 valence electrons. The summed E-state index contributed by atoms with van der Waals surface area (Å²) in [5.74, 6) is -0.314. The van der Waals surface area contributed by atoms with Crippen molar-refractivity contribution in [3.8, 4) is 22.4 Å². The van der Waals surface area contributed by atoms with Crippen LogP contribution >= 0.6 is 0 Å². The fourth-order valence-corrected chi connectivity index (χ4v) is 7.80. The molecular weight excluding hydrogens is 651 g/mol. The molecule has 0 bridgehead atoms. The van der Waals surface area contributed by atoms with Crippen LogP contribution in [0.25, 0.3) is 33.5 Å². The molecule has 1 aliphatic heterocycles. The lowest BCUT2D eigenvalue weighted by Gasteiger charge is -2.30. The van der Waals surface area contributed by atoms with Crippen LogP contribution in [0, 0.1) is 13.8 Å². The molecule has 0 aliphatic carbocycles. The number of esters is 1. The van der Waals surface area contributed by atoms with E-state index < -0.39 is 15.4 Å². The second kappa shape index (κ2) is 13.4. The van der Waals surface area contributed by atoms with Gasteiger partial charge in [0, 0.05) is 56.6 Å². The minimum absolute atomic E-state index is 0.0995. The van der Waals surface area contributed by atoms with E-state index in [1.54, 1.807) is 50.6 Å². The van der Waals surface area contributed by atoms with E-state index in [2.05, 4.69) is 9.88 Å². The Kier molecular flexibility index (Phi) is 9.41. The number of carbonyl (C=O) groups is 2. The zero-order valence-corrected chi connectivity index (χ0v) is 30.4. The Morgan fingerprint density at radius 2 is 1.72 bits per heavy atom. The average molecular weight is 694 g/mol. The number of carbonyl (C=O) groups excluding carboxylic acids is 2. The van der Waals surface area contributed by atoms with Crippen molar-refractivity contribution in [1.29, 1.82) is 0 Å². The molecule has 0 saturated carbocycles. The van der Waals surface area contributed by atoms with E-state index in [0.29, 0.717) is 41.8 Å². The Morgan fingerprint density at radius 3 is 2.40 bits per heavy atom. The van der Waals surface area contributed by atoms with Crippen molar-refractivity contribution in [3.63, 3.8) is 0 Å². The summed E-state index contributed by atoms with van der Waals surface area (Å²) in [7, 11) is -0.652. The number of aromatic nitrogens is 3. The standard InChI is InChI=1S/C39H43N5O5S/c1-24-9-8-10-30(19-24)50(47,48)37-34(41-35-31(22-40-36(35)42-37)26-11-13-27(14-12-26)38(46)43(6)7)29-20-25(2)32-23-44(17-15-28(32)21-29)18-16-33(45)49-39(3,4)5/h8-14,19-22H,15-18,23H2,1-7H3,(H,40,42). The molecule has 1 amide bonds. The van der Waals surface area contributed by atoms with Gasteiger partial charge in [-0.25, -0.2) is 18.4 Å². The van der Waals surface area contributed by atoms with Crippen LogP contribution in [0.15, 0.2) is 76.8 Å². The van der Waals surface area contributed by atoms with Crippen molar-refractivity contribution >= 4 is 32.9 Å². The first kappa shape index (κ1) is 35.0. The molecule has 0 atom stereocenters. The van der Waals surface area contributed by atoms with Gasteiger partial charge in [-0.05, 0) is 105 Å². The third kappa shape index (κ3) is 7.20. The van der Waals surface area contributed by atoms with E-state index >= 15 is 0 Å². The number of amides is 1. The molecule has 3 aromatic carbocycles. The Balaban J connectivity index is 1.42. The lowest BCUT2D eigenvalue weighted by molar-refractivity contribution is -0.155. The molecule has 10 nitrogen and oxygen atoms in total. The van der Waals surface area contributed by atoms with Crippen molar-refractivity contribution in [2.45, 2.75) is 69.5 Å². The van der Waals surface area contributed by atoms with Crippen molar-refractivity contribution < 1.29 is 22.7 Å². The van der Waals surface area contributed by atoms with E-state index in [-0.39, 0.29) is 27.5 Å². The number of hydrogen-bond donors (Lipinski definition) is 1. The van der Waals surface area contributed by atoms with Crippen LogP contribution in [0.1, 0.15) is 59.8 Å². The molecule has 0 unspecified atom stereocenters. The van der Waals surface area contributed by atoms with Gasteiger partial charge in [-0.15, -0.1) is 0 Å². The third-order valence-corrected chi connectivity index (χ3v) is 10.5. The Hall–Kier alpha value is -4.87. The first-order valence-electron chi connectivity index (χ1n) is 16.7. The zero-order valence-electron chi connectivity index (χ0n) is 29.6. The summed E-state index contributed by atoms with van der Waals surface area (Å²) in [6, 6.07) is 18.1. The van der Waals surface area contributed by atoms with Crippen LogP contribution in [-0.2, 0) is 32.3 Å². The lowest BCUT2D eigenvalue weighted by Crippen LogP contribution is -2.34. The molecule has 0 fully saturated rings. The highest BCUT2D eigenvalue weighted by atomic mass is 32.2. The van der Waals surface area contributed by atoms with Crippen LogP contribution < -0.4 is 0 Å². The molecule has 1 N–H and O–H groups in total.